The van der Waals surface area contributed by atoms with Crippen LogP contribution in [0.1, 0.15) is 23.7 Å². The van der Waals surface area contributed by atoms with Crippen LogP contribution in [0.2, 0.25) is 0 Å². The van der Waals surface area contributed by atoms with Crippen molar-refractivity contribution in [1.29, 1.82) is 0 Å². The zero-order valence-corrected chi connectivity index (χ0v) is 13.5. The molecule has 120 valence electrons. The van der Waals surface area contributed by atoms with E-state index < -0.39 is 5.25 Å². The second-order valence-electron chi connectivity index (χ2n) is 4.92. The Labute approximate surface area is 138 Å². The molecule has 1 unspecified atom stereocenters. The number of nitrogens with one attached hydrogen (secondary N) is 2. The maximum Gasteiger partial charge on any atom is 0.240 e. The molecule has 0 spiro atoms. The number of carbonyl (C=O) groups excluding carboxylic acids is 3. The van der Waals surface area contributed by atoms with Crippen molar-refractivity contribution in [1.82, 2.24) is 5.32 Å². The Balaban J connectivity index is 1.95. The lowest BCUT2D eigenvalue weighted by molar-refractivity contribution is -0.122. The van der Waals surface area contributed by atoms with Crippen LogP contribution in [0.25, 0.3) is 0 Å². The van der Waals surface area contributed by atoms with E-state index in [0.717, 1.165) is 0 Å². The minimum Gasteiger partial charge on any atom is -0.326 e. The number of amidine groups is 1. The van der Waals surface area contributed by atoms with Gasteiger partial charge in [0.2, 0.25) is 11.8 Å². The summed E-state index contributed by atoms with van der Waals surface area (Å²) in [6, 6.07) is 6.69. The van der Waals surface area contributed by atoms with E-state index in [0.29, 0.717) is 23.0 Å². The van der Waals surface area contributed by atoms with Gasteiger partial charge in [-0.05, 0) is 19.1 Å². The SMILES string of the molecule is C=CCN=C1NC(=O)C(CC(=O)Nc2cccc(C(C)=O)c2)S1. The van der Waals surface area contributed by atoms with E-state index in [-0.39, 0.29) is 24.0 Å². The van der Waals surface area contributed by atoms with Crippen molar-refractivity contribution in [2.24, 2.45) is 4.99 Å². The normalized spacial score (nSPS) is 18.6. The molecule has 0 radical (unpaired) electrons. The Morgan fingerprint density at radius 2 is 2.26 bits per heavy atom. The Kier molecular flexibility index (Phi) is 5.70. The molecule has 0 saturated carbocycles. The van der Waals surface area contributed by atoms with E-state index in [4.69, 9.17) is 0 Å². The second kappa shape index (κ2) is 7.73. The molecule has 0 aliphatic carbocycles. The van der Waals surface area contributed by atoms with Crippen LogP contribution in [0, 0.1) is 0 Å². The van der Waals surface area contributed by atoms with Gasteiger partial charge in [0.25, 0.3) is 0 Å². The molecule has 1 fully saturated rings. The zero-order valence-electron chi connectivity index (χ0n) is 12.7. The lowest BCUT2D eigenvalue weighted by Crippen LogP contribution is -2.28. The number of thioether (sulfide) groups is 1. The van der Waals surface area contributed by atoms with E-state index in [2.05, 4.69) is 22.2 Å². The molecular weight excluding hydrogens is 314 g/mol. The number of nitrogens with zero attached hydrogens (tertiary/aromatic N) is 1. The van der Waals surface area contributed by atoms with Gasteiger partial charge >= 0.3 is 0 Å². The summed E-state index contributed by atoms with van der Waals surface area (Å²) in [6.07, 6.45) is 1.66. The Morgan fingerprint density at radius 1 is 1.48 bits per heavy atom. The molecule has 0 bridgehead atoms. The number of hydrogen-bond acceptors (Lipinski definition) is 5. The molecule has 1 aromatic carbocycles. The van der Waals surface area contributed by atoms with Crippen LogP contribution < -0.4 is 10.6 Å². The van der Waals surface area contributed by atoms with Crippen molar-refractivity contribution in [2.45, 2.75) is 18.6 Å². The standard InChI is InChI=1S/C16H17N3O3S/c1-3-7-17-16-19-15(22)13(23-16)9-14(21)18-12-6-4-5-11(8-12)10(2)20/h3-6,8,13H,1,7,9H2,2H3,(H,18,21)(H,17,19,22). The number of hydrogen-bond donors (Lipinski definition) is 2. The summed E-state index contributed by atoms with van der Waals surface area (Å²) >= 11 is 1.23. The molecule has 0 aromatic heterocycles. The van der Waals surface area contributed by atoms with Gasteiger partial charge in [0.05, 0.1) is 6.54 Å². The molecule has 2 amide bonds. The maximum atomic E-state index is 12.1. The lowest BCUT2D eigenvalue weighted by Gasteiger charge is -2.08. The van der Waals surface area contributed by atoms with Crippen LogP contribution in [0.4, 0.5) is 5.69 Å². The van der Waals surface area contributed by atoms with Crippen LogP contribution >= 0.6 is 11.8 Å². The molecule has 1 aliphatic heterocycles. The molecule has 7 heteroatoms. The van der Waals surface area contributed by atoms with Gasteiger partial charge in [-0.25, -0.2) is 0 Å². The molecule has 1 aliphatic rings. The fraction of sp³-hybridized carbons (Fsp3) is 0.250. The van der Waals surface area contributed by atoms with Gasteiger partial charge in [-0.15, -0.1) is 6.58 Å². The third-order valence-corrected chi connectivity index (χ3v) is 4.18. The van der Waals surface area contributed by atoms with Crippen molar-refractivity contribution >= 4 is 40.2 Å². The summed E-state index contributed by atoms with van der Waals surface area (Å²) in [6.45, 7) is 5.44. The average Bonchev–Trinajstić information content (AvgIpc) is 2.85. The van der Waals surface area contributed by atoms with E-state index in [1.54, 1.807) is 30.3 Å². The summed E-state index contributed by atoms with van der Waals surface area (Å²) in [5.41, 5.74) is 1.06. The van der Waals surface area contributed by atoms with Crippen molar-refractivity contribution in [3.63, 3.8) is 0 Å². The minimum atomic E-state index is -0.505. The monoisotopic (exact) mass is 331 g/mol. The van der Waals surface area contributed by atoms with Crippen LogP contribution in [0.3, 0.4) is 0 Å². The summed E-state index contributed by atoms with van der Waals surface area (Å²) in [5.74, 6) is -0.594. The summed E-state index contributed by atoms with van der Waals surface area (Å²) < 4.78 is 0. The summed E-state index contributed by atoms with van der Waals surface area (Å²) in [5, 5.41) is 5.34. The van der Waals surface area contributed by atoms with Crippen LogP contribution in [0.5, 0.6) is 0 Å². The van der Waals surface area contributed by atoms with E-state index >= 15 is 0 Å². The fourth-order valence-electron chi connectivity index (χ4n) is 1.96. The fourth-order valence-corrected chi connectivity index (χ4v) is 2.94. The molecule has 2 N–H and O–H groups in total. The van der Waals surface area contributed by atoms with E-state index in [9.17, 15) is 14.4 Å². The highest BCUT2D eigenvalue weighted by Gasteiger charge is 2.31. The first-order valence-corrected chi connectivity index (χ1v) is 7.91. The first-order valence-electron chi connectivity index (χ1n) is 7.03. The quantitative estimate of drug-likeness (QED) is 0.616. The Hall–Kier alpha value is -2.41. The van der Waals surface area contributed by atoms with Crippen LogP contribution in [0.15, 0.2) is 41.9 Å². The van der Waals surface area contributed by atoms with Gasteiger partial charge in [-0.2, -0.15) is 0 Å². The van der Waals surface area contributed by atoms with Gasteiger partial charge in [0.1, 0.15) is 5.25 Å². The first-order chi connectivity index (χ1) is 11.0. The highest BCUT2D eigenvalue weighted by molar-refractivity contribution is 8.15. The van der Waals surface area contributed by atoms with Crippen LogP contribution in [-0.2, 0) is 9.59 Å². The average molecular weight is 331 g/mol. The van der Waals surface area contributed by atoms with E-state index in [1.807, 2.05) is 0 Å². The van der Waals surface area contributed by atoms with Gasteiger partial charge in [0.15, 0.2) is 11.0 Å². The van der Waals surface area contributed by atoms with Gasteiger partial charge in [-0.1, -0.05) is 30.0 Å². The topological polar surface area (TPSA) is 87.6 Å². The first kappa shape index (κ1) is 17.0. The number of benzene rings is 1. The molecule has 1 atom stereocenters. The smallest absolute Gasteiger partial charge is 0.240 e. The third-order valence-electron chi connectivity index (χ3n) is 3.06. The Bertz CT molecular complexity index is 685. The number of ketones is 1. The number of amides is 2. The third kappa shape index (κ3) is 4.79. The molecule has 23 heavy (non-hydrogen) atoms. The number of rotatable bonds is 6. The van der Waals surface area contributed by atoms with Crippen molar-refractivity contribution in [2.75, 3.05) is 11.9 Å². The second-order valence-corrected chi connectivity index (χ2v) is 6.11. The number of carbonyl (C=O) groups is 3. The molecule has 1 aromatic rings. The predicted molar refractivity (Wildman–Crippen MR) is 91.7 cm³/mol. The molecule has 1 heterocycles. The predicted octanol–water partition coefficient (Wildman–Crippen LogP) is 1.99. The highest BCUT2D eigenvalue weighted by atomic mass is 32.2. The molecular formula is C16H17N3O3S. The lowest BCUT2D eigenvalue weighted by atomic mass is 10.1. The largest absolute Gasteiger partial charge is 0.326 e. The number of aliphatic imine (C=N–C) groups is 1. The molecule has 1 saturated heterocycles. The van der Waals surface area contributed by atoms with Gasteiger partial charge < -0.3 is 10.6 Å². The number of Topliss-reactive ketones (excluding diaryl/α,β-unsaturated/α-hetero) is 1. The van der Waals surface area contributed by atoms with Crippen molar-refractivity contribution in [3.05, 3.63) is 42.5 Å². The van der Waals surface area contributed by atoms with Gasteiger partial charge in [-0.3, -0.25) is 19.4 Å². The number of anilines is 1. The van der Waals surface area contributed by atoms with Crippen LogP contribution in [-0.4, -0.2) is 34.6 Å². The zero-order chi connectivity index (χ0) is 16.8. The maximum absolute atomic E-state index is 12.1. The van der Waals surface area contributed by atoms with E-state index in [1.165, 1.54) is 18.7 Å². The summed E-state index contributed by atoms with van der Waals surface area (Å²) in [4.78, 5) is 39.3. The molecule has 2 rings (SSSR count). The molecule has 6 nitrogen and oxygen atoms in total. The van der Waals surface area contributed by atoms with Crippen molar-refractivity contribution in [3.8, 4) is 0 Å². The Morgan fingerprint density at radius 3 is 2.96 bits per heavy atom. The van der Waals surface area contributed by atoms with Crippen molar-refractivity contribution < 1.29 is 14.4 Å². The summed E-state index contributed by atoms with van der Waals surface area (Å²) in [7, 11) is 0. The highest BCUT2D eigenvalue weighted by Crippen LogP contribution is 2.23. The minimum absolute atomic E-state index is 0.0356. The van der Waals surface area contributed by atoms with Gasteiger partial charge in [0, 0.05) is 17.7 Å².